The highest BCUT2D eigenvalue weighted by Crippen LogP contribution is 2.29. The van der Waals surface area contributed by atoms with Crippen molar-refractivity contribution in [2.75, 3.05) is 14.2 Å². The minimum absolute atomic E-state index is 0.150. The Bertz CT molecular complexity index is 824. The van der Waals surface area contributed by atoms with Crippen LogP contribution in [-0.2, 0) is 6.54 Å². The molecule has 0 fully saturated rings. The van der Waals surface area contributed by atoms with E-state index in [0.717, 1.165) is 14.7 Å². The fourth-order valence-electron chi connectivity index (χ4n) is 2.23. The molecule has 0 aliphatic rings. The third-order valence-electron chi connectivity index (χ3n) is 3.30. The molecule has 0 atom stereocenters. The molecule has 114 valence electrons. The van der Waals surface area contributed by atoms with Crippen molar-refractivity contribution in [3.63, 3.8) is 0 Å². The topological polar surface area (TPSA) is 42.7 Å². The number of nitrogens with zero attached hydrogens (tertiary/aromatic N) is 1. The molecule has 0 saturated heterocycles. The highest BCUT2D eigenvalue weighted by atomic mass is 79.9. The quantitative estimate of drug-likeness (QED) is 0.668. The second-order valence-electron chi connectivity index (χ2n) is 4.88. The predicted octanol–water partition coefficient (Wildman–Crippen LogP) is 4.54. The minimum Gasteiger partial charge on any atom is -0.493 e. The molecule has 2 heterocycles. The van der Waals surface area contributed by atoms with Gasteiger partial charge in [0.15, 0.2) is 17.1 Å². The van der Waals surface area contributed by atoms with Gasteiger partial charge in [-0.15, -0.1) is 11.3 Å². The Morgan fingerprint density at radius 2 is 2.23 bits per heavy atom. The summed E-state index contributed by atoms with van der Waals surface area (Å²) in [6.45, 7) is 0.545. The molecule has 0 radical (unpaired) electrons. The Morgan fingerprint density at radius 3 is 2.91 bits per heavy atom. The Labute approximate surface area is 140 Å². The van der Waals surface area contributed by atoms with E-state index in [-0.39, 0.29) is 5.91 Å². The lowest BCUT2D eigenvalue weighted by Gasteiger charge is -2.14. The zero-order valence-electron chi connectivity index (χ0n) is 12.1. The van der Waals surface area contributed by atoms with Gasteiger partial charge < -0.3 is 14.1 Å². The molecule has 6 heteroatoms. The molecule has 22 heavy (non-hydrogen) atoms. The summed E-state index contributed by atoms with van der Waals surface area (Å²) in [5.74, 6) is 0.793. The van der Waals surface area contributed by atoms with Crippen molar-refractivity contribution in [2.45, 2.75) is 6.54 Å². The highest BCUT2D eigenvalue weighted by molar-refractivity contribution is 9.10. The lowest BCUT2D eigenvalue weighted by molar-refractivity contribution is 0.0757. The Kier molecular flexibility index (Phi) is 4.22. The summed E-state index contributed by atoms with van der Waals surface area (Å²) in [5, 5.41) is 2.86. The number of furan rings is 1. The van der Waals surface area contributed by atoms with Crippen LogP contribution in [0.4, 0.5) is 0 Å². The van der Waals surface area contributed by atoms with E-state index in [1.807, 2.05) is 29.6 Å². The molecule has 0 aliphatic carbocycles. The third kappa shape index (κ3) is 2.89. The van der Waals surface area contributed by atoms with E-state index >= 15 is 0 Å². The second-order valence-corrected chi connectivity index (χ2v) is 6.79. The number of halogens is 1. The van der Waals surface area contributed by atoms with Gasteiger partial charge in [0.2, 0.25) is 0 Å². The molecular formula is C16H14BrNO3S. The van der Waals surface area contributed by atoms with Gasteiger partial charge in [-0.05, 0) is 34.1 Å². The molecule has 0 saturated carbocycles. The third-order valence-corrected chi connectivity index (χ3v) is 4.98. The van der Waals surface area contributed by atoms with E-state index in [1.165, 1.54) is 0 Å². The lowest BCUT2D eigenvalue weighted by Crippen LogP contribution is -2.25. The number of rotatable bonds is 4. The van der Waals surface area contributed by atoms with Gasteiger partial charge in [0.05, 0.1) is 13.7 Å². The Balaban J connectivity index is 1.85. The number of thiophene rings is 1. The molecule has 0 spiro atoms. The number of methoxy groups -OCH3 is 1. The first-order chi connectivity index (χ1) is 10.6. The average molecular weight is 380 g/mol. The van der Waals surface area contributed by atoms with Crippen LogP contribution in [0.25, 0.3) is 11.0 Å². The number of ether oxygens (including phenoxy) is 1. The summed E-state index contributed by atoms with van der Waals surface area (Å²) in [7, 11) is 3.35. The van der Waals surface area contributed by atoms with E-state index in [2.05, 4.69) is 15.9 Å². The predicted molar refractivity (Wildman–Crippen MR) is 90.6 cm³/mol. The number of benzene rings is 1. The first-order valence-electron chi connectivity index (χ1n) is 6.63. The summed E-state index contributed by atoms with van der Waals surface area (Å²) in [4.78, 5) is 15.3. The maximum Gasteiger partial charge on any atom is 0.289 e. The fraction of sp³-hybridized carbons (Fsp3) is 0.188. The second kappa shape index (κ2) is 6.14. The normalized spacial score (nSPS) is 10.9. The molecule has 3 aromatic rings. The van der Waals surface area contributed by atoms with Crippen LogP contribution in [0.15, 0.2) is 44.6 Å². The van der Waals surface area contributed by atoms with E-state index in [9.17, 15) is 4.79 Å². The van der Waals surface area contributed by atoms with Crippen molar-refractivity contribution in [3.05, 3.63) is 50.8 Å². The Hall–Kier alpha value is -1.79. The monoisotopic (exact) mass is 379 g/mol. The smallest absolute Gasteiger partial charge is 0.289 e. The largest absolute Gasteiger partial charge is 0.493 e. The SMILES string of the molecule is COc1cccc2cc(C(=O)N(C)Cc3cc(Br)cs3)oc12. The molecule has 2 aromatic heterocycles. The highest BCUT2D eigenvalue weighted by Gasteiger charge is 2.19. The molecule has 1 amide bonds. The van der Waals surface area contributed by atoms with Crippen LogP contribution >= 0.6 is 27.3 Å². The summed E-state index contributed by atoms with van der Waals surface area (Å²) in [5.41, 5.74) is 0.598. The molecule has 4 nitrogen and oxygen atoms in total. The van der Waals surface area contributed by atoms with Gasteiger partial charge >= 0.3 is 0 Å². The van der Waals surface area contributed by atoms with Crippen molar-refractivity contribution >= 4 is 44.1 Å². The number of para-hydroxylation sites is 1. The maximum absolute atomic E-state index is 12.5. The first-order valence-corrected chi connectivity index (χ1v) is 8.30. The average Bonchev–Trinajstić information content (AvgIpc) is 3.11. The van der Waals surface area contributed by atoms with Gasteiger partial charge in [-0.1, -0.05) is 12.1 Å². The van der Waals surface area contributed by atoms with Gasteiger partial charge in [-0.2, -0.15) is 0 Å². The first kappa shape index (κ1) is 15.1. The summed E-state index contributed by atoms with van der Waals surface area (Å²) in [6, 6.07) is 9.34. The lowest BCUT2D eigenvalue weighted by atomic mass is 10.2. The standard InChI is InChI=1S/C16H14BrNO3S/c1-18(8-12-7-11(17)9-22-12)16(19)14-6-10-4-3-5-13(20-2)15(10)21-14/h3-7,9H,8H2,1-2H3. The van der Waals surface area contributed by atoms with Crippen LogP contribution in [-0.4, -0.2) is 25.0 Å². The van der Waals surface area contributed by atoms with E-state index in [4.69, 9.17) is 9.15 Å². The number of hydrogen-bond acceptors (Lipinski definition) is 4. The number of carbonyl (C=O) groups excluding carboxylic acids is 1. The number of amides is 1. The maximum atomic E-state index is 12.5. The summed E-state index contributed by atoms with van der Waals surface area (Å²) >= 11 is 5.03. The molecule has 0 aliphatic heterocycles. The van der Waals surface area contributed by atoms with Gasteiger partial charge in [-0.3, -0.25) is 4.79 Å². The zero-order valence-corrected chi connectivity index (χ0v) is 14.5. The van der Waals surface area contributed by atoms with Crippen LogP contribution < -0.4 is 4.74 Å². The van der Waals surface area contributed by atoms with Gasteiger partial charge in [-0.25, -0.2) is 0 Å². The van der Waals surface area contributed by atoms with Crippen LogP contribution in [0.2, 0.25) is 0 Å². The molecule has 1 aromatic carbocycles. The van der Waals surface area contributed by atoms with Crippen LogP contribution in [0.1, 0.15) is 15.4 Å². The van der Waals surface area contributed by atoms with Crippen LogP contribution in [0, 0.1) is 0 Å². The van der Waals surface area contributed by atoms with Crippen molar-refractivity contribution in [1.29, 1.82) is 0 Å². The fourth-order valence-corrected chi connectivity index (χ4v) is 3.74. The zero-order chi connectivity index (χ0) is 15.7. The van der Waals surface area contributed by atoms with Crippen molar-refractivity contribution in [1.82, 2.24) is 4.90 Å². The molecular weight excluding hydrogens is 366 g/mol. The van der Waals surface area contributed by atoms with Crippen LogP contribution in [0.3, 0.4) is 0 Å². The number of hydrogen-bond donors (Lipinski definition) is 0. The Morgan fingerprint density at radius 1 is 1.41 bits per heavy atom. The van der Waals surface area contributed by atoms with Gasteiger partial charge in [0, 0.05) is 27.2 Å². The molecule has 3 rings (SSSR count). The van der Waals surface area contributed by atoms with Crippen LogP contribution in [0.5, 0.6) is 5.75 Å². The number of fused-ring (bicyclic) bond motifs is 1. The van der Waals surface area contributed by atoms with E-state index in [1.54, 1.807) is 36.5 Å². The van der Waals surface area contributed by atoms with Gasteiger partial charge in [0.25, 0.3) is 5.91 Å². The van der Waals surface area contributed by atoms with E-state index in [0.29, 0.717) is 23.6 Å². The summed E-state index contributed by atoms with van der Waals surface area (Å²) < 4.78 is 12.0. The van der Waals surface area contributed by atoms with Crippen molar-refractivity contribution in [2.24, 2.45) is 0 Å². The van der Waals surface area contributed by atoms with Crippen molar-refractivity contribution < 1.29 is 13.9 Å². The number of carbonyl (C=O) groups is 1. The van der Waals surface area contributed by atoms with Crippen molar-refractivity contribution in [3.8, 4) is 5.75 Å². The minimum atomic E-state index is -0.150. The molecule has 0 bridgehead atoms. The van der Waals surface area contributed by atoms with E-state index < -0.39 is 0 Å². The molecule has 0 unspecified atom stereocenters. The summed E-state index contributed by atoms with van der Waals surface area (Å²) in [6.07, 6.45) is 0. The van der Waals surface area contributed by atoms with Gasteiger partial charge in [0.1, 0.15) is 0 Å². The molecule has 0 N–H and O–H groups in total.